The van der Waals surface area contributed by atoms with Crippen LogP contribution in [0.5, 0.6) is 0 Å². The molecule has 1 N–H and O–H groups in total. The van der Waals surface area contributed by atoms with Gasteiger partial charge in [0.1, 0.15) is 5.02 Å². The summed E-state index contributed by atoms with van der Waals surface area (Å²) in [6.45, 7) is 4.41. The monoisotopic (exact) mass is 373 g/mol. The van der Waals surface area contributed by atoms with Crippen molar-refractivity contribution in [1.29, 1.82) is 0 Å². The SMILES string of the molecule is CCC(CC)C(=O)Nc1nn(Cc2ccc(Cl)cc2Cl)cc1Cl. The molecule has 0 saturated carbocycles. The molecule has 0 aliphatic heterocycles. The molecule has 1 aromatic carbocycles. The second-order valence-electron chi connectivity index (χ2n) is 5.26. The number of benzene rings is 1. The van der Waals surface area contributed by atoms with Gasteiger partial charge in [0, 0.05) is 22.2 Å². The van der Waals surface area contributed by atoms with E-state index in [9.17, 15) is 4.79 Å². The van der Waals surface area contributed by atoms with Crippen molar-refractivity contribution in [2.75, 3.05) is 5.32 Å². The normalized spacial score (nSPS) is 11.0. The first-order valence-electron chi connectivity index (χ1n) is 7.42. The summed E-state index contributed by atoms with van der Waals surface area (Å²) in [5, 5.41) is 8.64. The molecular weight excluding hydrogens is 357 g/mol. The zero-order chi connectivity index (χ0) is 17.0. The van der Waals surface area contributed by atoms with E-state index in [0.717, 1.165) is 18.4 Å². The molecule has 0 aliphatic rings. The Morgan fingerprint density at radius 2 is 1.91 bits per heavy atom. The van der Waals surface area contributed by atoms with Crippen LogP contribution < -0.4 is 5.32 Å². The van der Waals surface area contributed by atoms with E-state index in [2.05, 4.69) is 10.4 Å². The van der Waals surface area contributed by atoms with Gasteiger partial charge >= 0.3 is 0 Å². The Balaban J connectivity index is 2.13. The van der Waals surface area contributed by atoms with Crippen molar-refractivity contribution >= 4 is 46.5 Å². The number of anilines is 1. The van der Waals surface area contributed by atoms with Crippen LogP contribution >= 0.6 is 34.8 Å². The number of carbonyl (C=O) groups is 1. The van der Waals surface area contributed by atoms with Crippen LogP contribution in [0.15, 0.2) is 24.4 Å². The second kappa shape index (κ2) is 8.04. The molecule has 4 nitrogen and oxygen atoms in total. The van der Waals surface area contributed by atoms with Crippen molar-refractivity contribution in [2.45, 2.75) is 33.2 Å². The third kappa shape index (κ3) is 4.63. The zero-order valence-electron chi connectivity index (χ0n) is 12.9. The number of rotatable bonds is 6. The van der Waals surface area contributed by atoms with Crippen LogP contribution in [0.4, 0.5) is 5.82 Å². The summed E-state index contributed by atoms with van der Waals surface area (Å²) in [5.74, 6) is 0.266. The molecule has 0 fully saturated rings. The minimum absolute atomic E-state index is 0.0399. The first kappa shape index (κ1) is 18.1. The summed E-state index contributed by atoms with van der Waals surface area (Å²) in [6, 6.07) is 5.28. The van der Waals surface area contributed by atoms with Crippen LogP contribution in [0, 0.1) is 5.92 Å². The Kier molecular flexibility index (Phi) is 6.33. The number of carbonyl (C=O) groups excluding carboxylic acids is 1. The predicted molar refractivity (Wildman–Crippen MR) is 95.5 cm³/mol. The number of halogens is 3. The molecule has 2 rings (SSSR count). The van der Waals surface area contributed by atoms with Gasteiger partial charge in [-0.2, -0.15) is 5.10 Å². The van der Waals surface area contributed by atoms with Crippen LogP contribution in [-0.2, 0) is 11.3 Å². The molecule has 0 aliphatic carbocycles. The summed E-state index contributed by atoms with van der Waals surface area (Å²) in [5.41, 5.74) is 0.869. The molecule has 0 unspecified atom stereocenters. The fourth-order valence-corrected chi connectivity index (χ4v) is 2.93. The Bertz CT molecular complexity index is 696. The molecule has 1 aromatic heterocycles. The van der Waals surface area contributed by atoms with Gasteiger partial charge in [-0.15, -0.1) is 0 Å². The van der Waals surface area contributed by atoms with Crippen molar-refractivity contribution in [2.24, 2.45) is 5.92 Å². The Labute approximate surface area is 150 Å². The fraction of sp³-hybridized carbons (Fsp3) is 0.375. The van der Waals surface area contributed by atoms with Gasteiger partial charge in [0.25, 0.3) is 0 Å². The standard InChI is InChI=1S/C16H18Cl3N3O/c1-3-10(4-2)16(23)20-15-14(19)9-22(21-15)8-11-5-6-12(17)7-13(11)18/h5-7,9-10H,3-4,8H2,1-2H3,(H,20,21,23). The summed E-state index contributed by atoms with van der Waals surface area (Å²) in [4.78, 5) is 12.1. The van der Waals surface area contributed by atoms with Gasteiger partial charge in [0.2, 0.25) is 5.91 Å². The molecule has 1 heterocycles. The summed E-state index contributed by atoms with van der Waals surface area (Å²) in [7, 11) is 0. The third-order valence-corrected chi connectivity index (χ3v) is 4.53. The number of nitrogens with zero attached hydrogens (tertiary/aromatic N) is 2. The highest BCUT2D eigenvalue weighted by atomic mass is 35.5. The minimum atomic E-state index is -0.0633. The molecule has 0 radical (unpaired) electrons. The molecule has 0 atom stereocenters. The second-order valence-corrected chi connectivity index (χ2v) is 6.51. The first-order valence-corrected chi connectivity index (χ1v) is 8.55. The van der Waals surface area contributed by atoms with E-state index >= 15 is 0 Å². The largest absolute Gasteiger partial charge is 0.308 e. The van der Waals surface area contributed by atoms with E-state index in [-0.39, 0.29) is 11.8 Å². The van der Waals surface area contributed by atoms with E-state index in [1.54, 1.807) is 23.0 Å². The lowest BCUT2D eigenvalue weighted by atomic mass is 10.0. The molecule has 0 saturated heterocycles. The van der Waals surface area contributed by atoms with Gasteiger partial charge in [-0.3, -0.25) is 9.48 Å². The van der Waals surface area contributed by atoms with E-state index < -0.39 is 0 Å². The van der Waals surface area contributed by atoms with Crippen molar-refractivity contribution in [3.63, 3.8) is 0 Å². The summed E-state index contributed by atoms with van der Waals surface area (Å²) in [6.07, 6.45) is 3.22. The van der Waals surface area contributed by atoms with Crippen LogP contribution in [0.25, 0.3) is 0 Å². The number of amides is 1. The maximum atomic E-state index is 12.1. The lowest BCUT2D eigenvalue weighted by Crippen LogP contribution is -2.22. The predicted octanol–water partition coefficient (Wildman–Crippen LogP) is 5.27. The molecule has 0 spiro atoms. The molecule has 124 valence electrons. The Morgan fingerprint density at radius 1 is 1.22 bits per heavy atom. The van der Waals surface area contributed by atoms with Crippen LogP contribution in [0.3, 0.4) is 0 Å². The van der Waals surface area contributed by atoms with Gasteiger partial charge in [-0.05, 0) is 30.5 Å². The van der Waals surface area contributed by atoms with Crippen molar-refractivity contribution in [3.05, 3.63) is 45.0 Å². The quantitative estimate of drug-likeness (QED) is 0.749. The highest BCUT2D eigenvalue weighted by molar-refractivity contribution is 6.35. The maximum Gasteiger partial charge on any atom is 0.228 e. The summed E-state index contributed by atoms with van der Waals surface area (Å²) < 4.78 is 1.64. The lowest BCUT2D eigenvalue weighted by molar-refractivity contribution is -0.120. The average Bonchev–Trinajstić information content (AvgIpc) is 2.83. The molecular formula is C16H18Cl3N3O. The lowest BCUT2D eigenvalue weighted by Gasteiger charge is -2.11. The Hall–Kier alpha value is -1.23. The maximum absolute atomic E-state index is 12.1. The number of hydrogen-bond acceptors (Lipinski definition) is 2. The van der Waals surface area contributed by atoms with Crippen molar-refractivity contribution < 1.29 is 4.79 Å². The number of hydrogen-bond donors (Lipinski definition) is 1. The van der Waals surface area contributed by atoms with Crippen LogP contribution in [0.2, 0.25) is 15.1 Å². The highest BCUT2D eigenvalue weighted by Gasteiger charge is 2.17. The Morgan fingerprint density at radius 3 is 2.52 bits per heavy atom. The molecule has 7 heteroatoms. The highest BCUT2D eigenvalue weighted by Crippen LogP contribution is 2.25. The van der Waals surface area contributed by atoms with Crippen molar-refractivity contribution in [3.8, 4) is 0 Å². The van der Waals surface area contributed by atoms with Crippen LogP contribution in [-0.4, -0.2) is 15.7 Å². The van der Waals surface area contributed by atoms with Gasteiger partial charge < -0.3 is 5.32 Å². The minimum Gasteiger partial charge on any atom is -0.308 e. The number of nitrogens with one attached hydrogen (secondary N) is 1. The fourth-order valence-electron chi connectivity index (χ4n) is 2.27. The van der Waals surface area contributed by atoms with Gasteiger partial charge in [-0.25, -0.2) is 0 Å². The zero-order valence-corrected chi connectivity index (χ0v) is 15.2. The smallest absolute Gasteiger partial charge is 0.228 e. The van der Waals surface area contributed by atoms with Gasteiger partial charge in [0.15, 0.2) is 5.82 Å². The third-order valence-electron chi connectivity index (χ3n) is 3.66. The molecule has 0 bridgehead atoms. The van der Waals surface area contributed by atoms with E-state index in [4.69, 9.17) is 34.8 Å². The molecule has 23 heavy (non-hydrogen) atoms. The van der Waals surface area contributed by atoms with Gasteiger partial charge in [0.05, 0.1) is 6.54 Å². The van der Waals surface area contributed by atoms with E-state index in [1.165, 1.54) is 0 Å². The van der Waals surface area contributed by atoms with Crippen molar-refractivity contribution in [1.82, 2.24) is 9.78 Å². The first-order chi connectivity index (χ1) is 10.9. The molecule has 2 aromatic rings. The van der Waals surface area contributed by atoms with E-state index in [1.807, 2.05) is 19.9 Å². The van der Waals surface area contributed by atoms with Crippen LogP contribution in [0.1, 0.15) is 32.3 Å². The summed E-state index contributed by atoms with van der Waals surface area (Å²) >= 11 is 18.2. The number of aromatic nitrogens is 2. The van der Waals surface area contributed by atoms with E-state index in [0.29, 0.717) is 27.4 Å². The van der Waals surface area contributed by atoms with Gasteiger partial charge in [-0.1, -0.05) is 54.7 Å². The topological polar surface area (TPSA) is 46.9 Å². The molecule has 1 amide bonds. The average molecular weight is 375 g/mol.